The Morgan fingerprint density at radius 2 is 1.82 bits per heavy atom. The van der Waals surface area contributed by atoms with Gasteiger partial charge >= 0.3 is 11.4 Å². The molecule has 0 spiro atoms. The molecule has 1 aromatic heterocycles. The van der Waals surface area contributed by atoms with Crippen LogP contribution in [0.5, 0.6) is 0 Å². The maximum atomic E-state index is 12.3. The molecule has 1 heterocycles. The standard InChI is InChI=1S/C12H9N5O5/c1-15(11-7-13-4-5-14-11)12(18)8-2-3-9(16(19)20)10(6-8)17(21)22/h2-7H,1H3. The lowest BCUT2D eigenvalue weighted by atomic mass is 10.1. The van der Waals surface area contributed by atoms with E-state index in [4.69, 9.17) is 0 Å². The van der Waals surface area contributed by atoms with Crippen molar-refractivity contribution in [3.05, 3.63) is 62.6 Å². The molecule has 22 heavy (non-hydrogen) atoms. The minimum Gasteiger partial charge on any atom is -0.295 e. The average molecular weight is 303 g/mol. The van der Waals surface area contributed by atoms with Crippen molar-refractivity contribution in [3.63, 3.8) is 0 Å². The number of anilines is 1. The molecule has 0 N–H and O–H groups in total. The van der Waals surface area contributed by atoms with Gasteiger partial charge in [-0.1, -0.05) is 0 Å². The fourth-order valence-electron chi connectivity index (χ4n) is 1.72. The van der Waals surface area contributed by atoms with Crippen LogP contribution in [0.4, 0.5) is 17.2 Å². The van der Waals surface area contributed by atoms with Crippen molar-refractivity contribution in [2.24, 2.45) is 0 Å². The van der Waals surface area contributed by atoms with Crippen LogP contribution in [-0.2, 0) is 0 Å². The summed E-state index contributed by atoms with van der Waals surface area (Å²) in [6.45, 7) is 0. The lowest BCUT2D eigenvalue weighted by molar-refractivity contribution is -0.422. The highest BCUT2D eigenvalue weighted by Crippen LogP contribution is 2.28. The Hall–Kier alpha value is -3.43. The van der Waals surface area contributed by atoms with Crippen LogP contribution in [0, 0.1) is 20.2 Å². The molecule has 0 bridgehead atoms. The van der Waals surface area contributed by atoms with Gasteiger partial charge in [0.1, 0.15) is 0 Å². The van der Waals surface area contributed by atoms with Gasteiger partial charge in [0.05, 0.1) is 16.0 Å². The first-order valence-electron chi connectivity index (χ1n) is 5.88. The molecule has 0 radical (unpaired) electrons. The average Bonchev–Trinajstić information content (AvgIpc) is 2.53. The number of rotatable bonds is 4. The summed E-state index contributed by atoms with van der Waals surface area (Å²) in [7, 11) is 1.42. The molecule has 1 amide bonds. The molecule has 10 heteroatoms. The number of carbonyl (C=O) groups excluding carboxylic acids is 1. The molecule has 0 aliphatic heterocycles. The quantitative estimate of drug-likeness (QED) is 0.618. The molecule has 0 atom stereocenters. The van der Waals surface area contributed by atoms with Crippen LogP contribution in [0.15, 0.2) is 36.8 Å². The second kappa shape index (κ2) is 5.91. The minimum absolute atomic E-state index is 0.0644. The number of hydrogen-bond acceptors (Lipinski definition) is 7. The SMILES string of the molecule is CN(C(=O)c1ccc([N+](=O)[O-])c([N+](=O)[O-])c1)c1cnccn1. The first-order chi connectivity index (χ1) is 10.4. The fourth-order valence-corrected chi connectivity index (χ4v) is 1.72. The summed E-state index contributed by atoms with van der Waals surface area (Å²) in [6, 6.07) is 2.95. The Labute approximate surface area is 123 Å². The highest BCUT2D eigenvalue weighted by molar-refractivity contribution is 6.05. The van der Waals surface area contributed by atoms with Gasteiger partial charge in [0, 0.05) is 37.1 Å². The maximum Gasteiger partial charge on any atom is 0.346 e. The van der Waals surface area contributed by atoms with E-state index in [-0.39, 0.29) is 11.4 Å². The summed E-state index contributed by atoms with van der Waals surface area (Å²) in [4.78, 5) is 41.0. The monoisotopic (exact) mass is 303 g/mol. The summed E-state index contributed by atoms with van der Waals surface area (Å²) in [5.41, 5.74) is -1.49. The van der Waals surface area contributed by atoms with Gasteiger partial charge in [0.2, 0.25) is 0 Å². The summed E-state index contributed by atoms with van der Waals surface area (Å²) < 4.78 is 0. The van der Waals surface area contributed by atoms with Crippen molar-refractivity contribution in [2.45, 2.75) is 0 Å². The zero-order valence-electron chi connectivity index (χ0n) is 11.2. The van der Waals surface area contributed by atoms with E-state index in [0.29, 0.717) is 0 Å². The number of benzene rings is 1. The molecule has 2 rings (SSSR count). The molecule has 0 unspecified atom stereocenters. The zero-order valence-corrected chi connectivity index (χ0v) is 11.2. The van der Waals surface area contributed by atoms with Crippen molar-refractivity contribution >= 4 is 23.1 Å². The molecule has 0 aliphatic carbocycles. The van der Waals surface area contributed by atoms with Crippen molar-refractivity contribution in [1.29, 1.82) is 0 Å². The predicted octanol–water partition coefficient (Wildman–Crippen LogP) is 1.57. The number of amides is 1. The number of hydrogen-bond donors (Lipinski definition) is 0. The highest BCUT2D eigenvalue weighted by Gasteiger charge is 2.27. The third-order valence-corrected chi connectivity index (χ3v) is 2.81. The summed E-state index contributed by atoms with van der Waals surface area (Å²) >= 11 is 0. The Morgan fingerprint density at radius 3 is 2.36 bits per heavy atom. The van der Waals surface area contributed by atoms with Gasteiger partial charge in [-0.3, -0.25) is 34.9 Å². The van der Waals surface area contributed by atoms with Gasteiger partial charge < -0.3 is 0 Å². The van der Waals surface area contributed by atoms with E-state index in [0.717, 1.165) is 23.1 Å². The van der Waals surface area contributed by atoms with E-state index >= 15 is 0 Å². The van der Waals surface area contributed by atoms with Gasteiger partial charge in [-0.2, -0.15) is 0 Å². The second-order valence-corrected chi connectivity index (χ2v) is 4.15. The van der Waals surface area contributed by atoms with E-state index < -0.39 is 27.1 Å². The summed E-state index contributed by atoms with van der Waals surface area (Å²) in [5, 5.41) is 21.6. The van der Waals surface area contributed by atoms with E-state index in [1.165, 1.54) is 25.6 Å². The van der Waals surface area contributed by atoms with Crippen LogP contribution >= 0.6 is 0 Å². The van der Waals surface area contributed by atoms with Gasteiger partial charge in [0.15, 0.2) is 5.82 Å². The maximum absolute atomic E-state index is 12.3. The molecule has 112 valence electrons. The van der Waals surface area contributed by atoms with E-state index in [2.05, 4.69) is 9.97 Å². The first-order valence-corrected chi connectivity index (χ1v) is 5.88. The molecule has 10 nitrogen and oxygen atoms in total. The van der Waals surface area contributed by atoms with Crippen molar-refractivity contribution in [2.75, 3.05) is 11.9 Å². The van der Waals surface area contributed by atoms with Crippen LogP contribution in [0.2, 0.25) is 0 Å². The van der Waals surface area contributed by atoms with Crippen molar-refractivity contribution in [1.82, 2.24) is 9.97 Å². The van der Waals surface area contributed by atoms with Crippen LogP contribution in [0.1, 0.15) is 10.4 Å². The number of nitro groups is 2. The molecular weight excluding hydrogens is 294 g/mol. The smallest absolute Gasteiger partial charge is 0.295 e. The first kappa shape index (κ1) is 15.0. The summed E-state index contributed by atoms with van der Waals surface area (Å²) in [5.74, 6) is -0.355. The Bertz CT molecular complexity index is 749. The highest BCUT2D eigenvalue weighted by atomic mass is 16.6. The molecule has 1 aromatic carbocycles. The number of carbonyl (C=O) groups is 1. The van der Waals surface area contributed by atoms with Crippen molar-refractivity contribution in [3.8, 4) is 0 Å². The molecule has 0 aliphatic rings. The third kappa shape index (κ3) is 2.85. The molecule has 2 aromatic rings. The zero-order chi connectivity index (χ0) is 16.3. The van der Waals surface area contributed by atoms with Gasteiger partial charge in [-0.05, 0) is 6.07 Å². The van der Waals surface area contributed by atoms with Crippen molar-refractivity contribution < 1.29 is 14.6 Å². The van der Waals surface area contributed by atoms with Crippen LogP contribution in [0.25, 0.3) is 0 Å². The predicted molar refractivity (Wildman–Crippen MR) is 74.5 cm³/mol. The minimum atomic E-state index is -0.906. The normalized spacial score (nSPS) is 10.0. The van der Waals surface area contributed by atoms with Crippen LogP contribution < -0.4 is 4.90 Å². The lowest BCUT2D eigenvalue weighted by Gasteiger charge is -2.15. The topological polar surface area (TPSA) is 132 Å². The number of nitro benzene ring substituents is 2. The number of aromatic nitrogens is 2. The van der Waals surface area contributed by atoms with E-state index in [1.807, 2.05) is 0 Å². The Morgan fingerprint density at radius 1 is 1.14 bits per heavy atom. The molecule has 0 saturated heterocycles. The number of nitrogens with zero attached hydrogens (tertiary/aromatic N) is 5. The third-order valence-electron chi connectivity index (χ3n) is 2.81. The molecule has 0 saturated carbocycles. The van der Waals surface area contributed by atoms with Crippen LogP contribution in [-0.4, -0.2) is 32.8 Å². The Kier molecular flexibility index (Phi) is 4.02. The van der Waals surface area contributed by atoms with Gasteiger partial charge in [-0.15, -0.1) is 0 Å². The van der Waals surface area contributed by atoms with E-state index in [9.17, 15) is 25.0 Å². The van der Waals surface area contributed by atoms with Gasteiger partial charge in [-0.25, -0.2) is 4.98 Å². The lowest BCUT2D eigenvalue weighted by Crippen LogP contribution is -2.27. The fraction of sp³-hybridized carbons (Fsp3) is 0.0833. The van der Waals surface area contributed by atoms with Crippen LogP contribution in [0.3, 0.4) is 0 Å². The molecule has 0 fully saturated rings. The van der Waals surface area contributed by atoms with E-state index in [1.54, 1.807) is 0 Å². The molecular formula is C12H9N5O5. The summed E-state index contributed by atoms with van der Waals surface area (Å²) in [6.07, 6.45) is 4.16. The largest absolute Gasteiger partial charge is 0.346 e. The second-order valence-electron chi connectivity index (χ2n) is 4.15. The Balaban J connectivity index is 2.41. The van der Waals surface area contributed by atoms with Gasteiger partial charge in [0.25, 0.3) is 5.91 Å².